The summed E-state index contributed by atoms with van der Waals surface area (Å²) in [4.78, 5) is 19.7. The molecule has 0 aliphatic carbocycles. The molecule has 1 N–H and O–H groups in total. The van der Waals surface area contributed by atoms with E-state index >= 15 is 0 Å². The molecule has 9 nitrogen and oxygen atoms in total. The number of rotatable bonds is 4. The molecular formula is C13H14N4O5S. The highest BCUT2D eigenvalue weighted by molar-refractivity contribution is 7.89. The number of hydrogen-bond donors (Lipinski definition) is 1. The van der Waals surface area contributed by atoms with Crippen molar-refractivity contribution in [2.75, 3.05) is 31.6 Å². The van der Waals surface area contributed by atoms with Crippen molar-refractivity contribution in [3.8, 4) is 0 Å². The lowest BCUT2D eigenvalue weighted by Gasteiger charge is -2.24. The molecule has 1 fully saturated rings. The molecule has 0 atom stereocenters. The zero-order chi connectivity index (χ0) is 16.3. The number of hydrogen-bond acceptors (Lipinski definition) is 7. The van der Waals surface area contributed by atoms with Gasteiger partial charge in [-0.25, -0.2) is 18.4 Å². The molecule has 1 aliphatic heterocycles. The van der Waals surface area contributed by atoms with Crippen LogP contribution >= 0.6 is 0 Å². The van der Waals surface area contributed by atoms with E-state index in [1.165, 1.54) is 28.8 Å². The van der Waals surface area contributed by atoms with Crippen LogP contribution in [0.15, 0.2) is 40.1 Å². The van der Waals surface area contributed by atoms with E-state index in [1.807, 2.05) is 0 Å². The Morgan fingerprint density at radius 3 is 2.57 bits per heavy atom. The molecule has 1 amide bonds. The van der Waals surface area contributed by atoms with E-state index in [2.05, 4.69) is 15.3 Å². The Balaban J connectivity index is 1.76. The number of carbonyl (C=O) groups excluding carboxylic acids is 1. The summed E-state index contributed by atoms with van der Waals surface area (Å²) in [7, 11) is -3.77. The minimum atomic E-state index is -3.77. The first-order valence-electron chi connectivity index (χ1n) is 6.83. The third-order valence-corrected chi connectivity index (χ3v) is 4.93. The Morgan fingerprint density at radius 2 is 1.87 bits per heavy atom. The monoisotopic (exact) mass is 338 g/mol. The second-order valence-corrected chi connectivity index (χ2v) is 6.53. The van der Waals surface area contributed by atoms with Gasteiger partial charge in [0, 0.05) is 25.5 Å². The summed E-state index contributed by atoms with van der Waals surface area (Å²) >= 11 is 0. The summed E-state index contributed by atoms with van der Waals surface area (Å²) in [6.07, 6.45) is 2.94. The Morgan fingerprint density at radius 1 is 1.17 bits per heavy atom. The minimum Gasteiger partial charge on any atom is -0.438 e. The quantitative estimate of drug-likeness (QED) is 0.855. The van der Waals surface area contributed by atoms with Gasteiger partial charge in [0.2, 0.25) is 11.0 Å². The van der Waals surface area contributed by atoms with Crippen LogP contribution in [0.2, 0.25) is 0 Å². The minimum absolute atomic E-state index is 0.103. The molecular weight excluding hydrogens is 324 g/mol. The van der Waals surface area contributed by atoms with Gasteiger partial charge in [0.25, 0.3) is 15.9 Å². The van der Waals surface area contributed by atoms with Crippen LogP contribution in [0.1, 0.15) is 10.6 Å². The van der Waals surface area contributed by atoms with Gasteiger partial charge in [-0.2, -0.15) is 4.31 Å². The summed E-state index contributed by atoms with van der Waals surface area (Å²) in [6, 6.07) is 4.16. The van der Waals surface area contributed by atoms with Crippen molar-refractivity contribution in [3.63, 3.8) is 0 Å². The molecule has 0 spiro atoms. The molecule has 0 aromatic carbocycles. The van der Waals surface area contributed by atoms with Crippen LogP contribution < -0.4 is 5.32 Å². The summed E-state index contributed by atoms with van der Waals surface area (Å²) in [5, 5.41) is 2.14. The van der Waals surface area contributed by atoms with Crippen LogP contribution in [0.4, 0.5) is 5.95 Å². The second-order valence-electron chi connectivity index (χ2n) is 4.66. The lowest BCUT2D eigenvalue weighted by atomic mass is 10.4. The van der Waals surface area contributed by atoms with E-state index in [0.29, 0.717) is 13.2 Å². The van der Waals surface area contributed by atoms with E-state index in [9.17, 15) is 13.2 Å². The SMILES string of the molecule is O=C(Nc1ncccn1)c1ccc(S(=O)(=O)N2CCOCC2)o1. The smallest absolute Gasteiger partial charge is 0.293 e. The number of carbonyl (C=O) groups is 1. The summed E-state index contributed by atoms with van der Waals surface area (Å²) < 4.78 is 36.4. The molecule has 23 heavy (non-hydrogen) atoms. The van der Waals surface area contributed by atoms with Crippen LogP contribution in [-0.2, 0) is 14.8 Å². The van der Waals surface area contributed by atoms with Crippen molar-refractivity contribution in [1.29, 1.82) is 0 Å². The molecule has 0 bridgehead atoms. The molecule has 1 saturated heterocycles. The molecule has 122 valence electrons. The molecule has 0 unspecified atom stereocenters. The van der Waals surface area contributed by atoms with Gasteiger partial charge in [0.15, 0.2) is 5.76 Å². The number of amides is 1. The number of ether oxygens (including phenoxy) is 1. The predicted octanol–water partition coefficient (Wildman–Crippen LogP) is 0.343. The molecule has 2 aromatic rings. The van der Waals surface area contributed by atoms with Crippen LogP contribution in [0.3, 0.4) is 0 Å². The van der Waals surface area contributed by atoms with E-state index in [1.54, 1.807) is 6.07 Å². The van der Waals surface area contributed by atoms with Crippen LogP contribution in [0.25, 0.3) is 0 Å². The third-order valence-electron chi connectivity index (χ3n) is 3.16. The standard InChI is InChI=1S/C13H14N4O5S/c18-12(16-13-14-4-1-5-15-13)10-2-3-11(22-10)23(19,20)17-6-8-21-9-7-17/h1-5H,6-9H2,(H,14,15,16,18). The number of anilines is 1. The Labute approximate surface area is 132 Å². The highest BCUT2D eigenvalue weighted by Crippen LogP contribution is 2.20. The fraction of sp³-hybridized carbons (Fsp3) is 0.308. The van der Waals surface area contributed by atoms with Gasteiger partial charge in [-0.15, -0.1) is 0 Å². The van der Waals surface area contributed by atoms with Gasteiger partial charge in [0.05, 0.1) is 13.2 Å². The second kappa shape index (κ2) is 6.44. The first-order valence-corrected chi connectivity index (χ1v) is 8.27. The van der Waals surface area contributed by atoms with Crippen molar-refractivity contribution < 1.29 is 22.4 Å². The number of nitrogens with zero attached hydrogens (tertiary/aromatic N) is 3. The molecule has 2 aromatic heterocycles. The zero-order valence-electron chi connectivity index (χ0n) is 12.0. The number of furan rings is 1. The maximum atomic E-state index is 12.4. The Kier molecular flexibility index (Phi) is 4.37. The molecule has 10 heteroatoms. The van der Waals surface area contributed by atoms with Gasteiger partial charge in [0.1, 0.15) is 0 Å². The zero-order valence-corrected chi connectivity index (χ0v) is 12.8. The van der Waals surface area contributed by atoms with Crippen molar-refractivity contribution >= 4 is 21.9 Å². The van der Waals surface area contributed by atoms with Crippen LogP contribution in [0.5, 0.6) is 0 Å². The fourth-order valence-corrected chi connectivity index (χ4v) is 3.34. The third kappa shape index (κ3) is 3.38. The van der Waals surface area contributed by atoms with Gasteiger partial charge in [-0.05, 0) is 18.2 Å². The highest BCUT2D eigenvalue weighted by Gasteiger charge is 2.30. The molecule has 0 radical (unpaired) electrons. The van der Waals surface area contributed by atoms with Crippen LogP contribution in [0, 0.1) is 0 Å². The highest BCUT2D eigenvalue weighted by atomic mass is 32.2. The molecule has 1 aliphatic rings. The first-order chi connectivity index (χ1) is 11.1. The number of morpholine rings is 1. The van der Waals surface area contributed by atoms with E-state index in [4.69, 9.17) is 9.15 Å². The molecule has 3 heterocycles. The molecule has 3 rings (SSSR count). The van der Waals surface area contributed by atoms with E-state index in [-0.39, 0.29) is 29.9 Å². The van der Waals surface area contributed by atoms with Gasteiger partial charge in [-0.1, -0.05) is 0 Å². The first kappa shape index (κ1) is 15.6. The van der Waals surface area contributed by atoms with Gasteiger partial charge >= 0.3 is 0 Å². The topological polar surface area (TPSA) is 115 Å². The predicted molar refractivity (Wildman–Crippen MR) is 78.3 cm³/mol. The van der Waals surface area contributed by atoms with Crippen molar-refractivity contribution in [3.05, 3.63) is 36.4 Å². The van der Waals surface area contributed by atoms with Gasteiger partial charge < -0.3 is 9.15 Å². The summed E-state index contributed by atoms with van der Waals surface area (Å²) in [5.41, 5.74) is 0. The van der Waals surface area contributed by atoms with Crippen molar-refractivity contribution in [2.45, 2.75) is 5.09 Å². The summed E-state index contributed by atoms with van der Waals surface area (Å²) in [6.45, 7) is 1.17. The molecule has 0 saturated carbocycles. The van der Waals surface area contributed by atoms with E-state index < -0.39 is 15.9 Å². The number of sulfonamides is 1. The van der Waals surface area contributed by atoms with Gasteiger partial charge in [-0.3, -0.25) is 10.1 Å². The fourth-order valence-electron chi connectivity index (χ4n) is 2.02. The average Bonchev–Trinajstić information content (AvgIpc) is 3.07. The Bertz CT molecular complexity index is 784. The average molecular weight is 338 g/mol. The Hall–Kier alpha value is -2.30. The van der Waals surface area contributed by atoms with Crippen molar-refractivity contribution in [2.24, 2.45) is 0 Å². The lowest BCUT2D eigenvalue weighted by Crippen LogP contribution is -2.40. The van der Waals surface area contributed by atoms with Crippen LogP contribution in [-0.4, -0.2) is 54.9 Å². The maximum Gasteiger partial charge on any atom is 0.293 e. The summed E-state index contributed by atoms with van der Waals surface area (Å²) in [5.74, 6) is -0.657. The largest absolute Gasteiger partial charge is 0.438 e. The maximum absolute atomic E-state index is 12.4. The number of aromatic nitrogens is 2. The normalized spacial score (nSPS) is 16.2. The number of nitrogens with one attached hydrogen (secondary N) is 1. The van der Waals surface area contributed by atoms with Crippen molar-refractivity contribution in [1.82, 2.24) is 14.3 Å². The lowest BCUT2D eigenvalue weighted by molar-refractivity contribution is 0.0723. The van der Waals surface area contributed by atoms with E-state index in [0.717, 1.165) is 0 Å².